The van der Waals surface area contributed by atoms with E-state index in [0.29, 0.717) is 15.7 Å². The van der Waals surface area contributed by atoms with Crippen molar-refractivity contribution in [3.63, 3.8) is 0 Å². The average molecular weight is 434 g/mol. The van der Waals surface area contributed by atoms with E-state index in [1.165, 1.54) is 17.7 Å². The first kappa shape index (κ1) is 20.3. The number of hydrogen-bond acceptors (Lipinski definition) is 6. The van der Waals surface area contributed by atoms with Crippen LogP contribution in [0.1, 0.15) is 32.1 Å². The van der Waals surface area contributed by atoms with E-state index in [1.54, 1.807) is 6.07 Å². The van der Waals surface area contributed by atoms with Crippen LogP contribution >= 0.6 is 11.3 Å². The molecule has 1 aliphatic rings. The number of fused-ring (bicyclic) bond motifs is 1. The van der Waals surface area contributed by atoms with Gasteiger partial charge in [0.05, 0.1) is 5.56 Å². The van der Waals surface area contributed by atoms with E-state index in [2.05, 4.69) is 20.8 Å². The highest BCUT2D eigenvalue weighted by Gasteiger charge is 2.30. The number of nitrogens with zero attached hydrogens (tertiary/aromatic N) is 2. The molecule has 0 unspecified atom stereocenters. The summed E-state index contributed by atoms with van der Waals surface area (Å²) in [6.45, 7) is 1.72. The van der Waals surface area contributed by atoms with E-state index < -0.39 is 11.7 Å². The number of carbonyl (C=O) groups is 1. The predicted molar refractivity (Wildman–Crippen MR) is 105 cm³/mol. The van der Waals surface area contributed by atoms with E-state index >= 15 is 0 Å². The summed E-state index contributed by atoms with van der Waals surface area (Å²) in [6.07, 6.45) is -3.51. The second kappa shape index (κ2) is 8.41. The number of rotatable bonds is 5. The van der Waals surface area contributed by atoms with Gasteiger partial charge in [0.25, 0.3) is 5.91 Å². The molecule has 156 valence electrons. The summed E-state index contributed by atoms with van der Waals surface area (Å²) < 4.78 is 43.2. The quantitative estimate of drug-likeness (QED) is 0.634. The molecule has 1 aromatic heterocycles. The third-order valence-corrected chi connectivity index (χ3v) is 5.40. The molecule has 0 saturated heterocycles. The van der Waals surface area contributed by atoms with Gasteiger partial charge in [-0.2, -0.15) is 13.2 Å². The normalized spacial score (nSPS) is 13.6. The van der Waals surface area contributed by atoms with Crippen molar-refractivity contribution in [3.05, 3.63) is 69.7 Å². The SMILES string of the molecule is O=C(Nc1nnc(COc2ccc(C(F)(F)F)cc2)s1)c1ccc2c(c1)CCNC2. The van der Waals surface area contributed by atoms with Gasteiger partial charge < -0.3 is 10.1 Å². The average Bonchev–Trinajstić information content (AvgIpc) is 3.19. The summed E-state index contributed by atoms with van der Waals surface area (Å²) in [5.74, 6) is 0.00928. The van der Waals surface area contributed by atoms with Crippen molar-refractivity contribution >= 4 is 22.4 Å². The Kier molecular flexibility index (Phi) is 5.69. The van der Waals surface area contributed by atoms with Crippen LogP contribution in [-0.4, -0.2) is 22.6 Å². The molecule has 0 radical (unpaired) electrons. The van der Waals surface area contributed by atoms with E-state index in [4.69, 9.17) is 4.74 Å². The van der Waals surface area contributed by atoms with Crippen molar-refractivity contribution in [2.24, 2.45) is 0 Å². The first-order valence-electron chi connectivity index (χ1n) is 9.15. The molecule has 0 aliphatic carbocycles. The van der Waals surface area contributed by atoms with Crippen LogP contribution < -0.4 is 15.4 Å². The first-order chi connectivity index (χ1) is 14.4. The molecule has 2 heterocycles. The first-order valence-corrected chi connectivity index (χ1v) is 9.96. The van der Waals surface area contributed by atoms with E-state index in [1.807, 2.05) is 12.1 Å². The monoisotopic (exact) mass is 434 g/mol. The molecule has 3 aromatic rings. The Labute approximate surface area is 174 Å². The van der Waals surface area contributed by atoms with Gasteiger partial charge >= 0.3 is 6.18 Å². The number of nitrogens with one attached hydrogen (secondary N) is 2. The number of ether oxygens (including phenoxy) is 1. The third kappa shape index (κ3) is 4.77. The molecule has 10 heteroatoms. The van der Waals surface area contributed by atoms with Crippen LogP contribution in [0.5, 0.6) is 5.75 Å². The van der Waals surface area contributed by atoms with Crippen LogP contribution in [0.2, 0.25) is 0 Å². The highest BCUT2D eigenvalue weighted by molar-refractivity contribution is 7.15. The lowest BCUT2D eigenvalue weighted by Gasteiger charge is -2.17. The maximum absolute atomic E-state index is 12.6. The van der Waals surface area contributed by atoms with Crippen LogP contribution in [0.3, 0.4) is 0 Å². The van der Waals surface area contributed by atoms with E-state index in [-0.39, 0.29) is 18.3 Å². The fraction of sp³-hybridized carbons (Fsp3) is 0.250. The summed E-state index contributed by atoms with van der Waals surface area (Å²) in [5.41, 5.74) is 2.16. The fourth-order valence-electron chi connectivity index (χ4n) is 3.04. The molecular weight excluding hydrogens is 417 g/mol. The number of aromatic nitrogens is 2. The van der Waals surface area contributed by atoms with Crippen LogP contribution in [0.15, 0.2) is 42.5 Å². The number of amides is 1. The van der Waals surface area contributed by atoms with Crippen molar-refractivity contribution in [3.8, 4) is 5.75 Å². The molecule has 0 spiro atoms. The molecule has 30 heavy (non-hydrogen) atoms. The predicted octanol–water partition coefficient (Wildman–Crippen LogP) is 4.03. The molecule has 4 rings (SSSR count). The Balaban J connectivity index is 1.34. The van der Waals surface area contributed by atoms with Gasteiger partial charge in [0.2, 0.25) is 5.13 Å². The Morgan fingerprint density at radius 3 is 2.70 bits per heavy atom. The zero-order chi connectivity index (χ0) is 21.1. The van der Waals surface area contributed by atoms with E-state index in [0.717, 1.165) is 48.5 Å². The number of hydrogen-bond donors (Lipinski definition) is 2. The largest absolute Gasteiger partial charge is 0.486 e. The molecule has 2 aromatic carbocycles. The summed E-state index contributed by atoms with van der Waals surface area (Å²) in [4.78, 5) is 12.5. The number of benzene rings is 2. The summed E-state index contributed by atoms with van der Waals surface area (Å²) in [7, 11) is 0. The van der Waals surface area contributed by atoms with Gasteiger partial charge in [-0.05, 0) is 60.5 Å². The van der Waals surface area contributed by atoms with Crippen LogP contribution in [0.25, 0.3) is 0 Å². The summed E-state index contributed by atoms with van der Waals surface area (Å²) >= 11 is 1.14. The van der Waals surface area contributed by atoms with Crippen molar-refractivity contribution in [1.29, 1.82) is 0 Å². The van der Waals surface area contributed by atoms with Gasteiger partial charge in [0.1, 0.15) is 12.4 Å². The van der Waals surface area contributed by atoms with Crippen LogP contribution in [0.4, 0.5) is 18.3 Å². The number of anilines is 1. The maximum atomic E-state index is 12.6. The summed E-state index contributed by atoms with van der Waals surface area (Å²) in [6, 6.07) is 10.0. The lowest BCUT2D eigenvalue weighted by atomic mass is 9.98. The standard InChI is InChI=1S/C20H17F3N4O2S/c21-20(22,23)15-3-5-16(6-4-15)29-11-17-26-27-19(30-17)25-18(28)13-1-2-14-10-24-8-7-12(14)9-13/h1-6,9,24H,7-8,10-11H2,(H,25,27,28). The lowest BCUT2D eigenvalue weighted by Crippen LogP contribution is -2.24. The number of carbonyl (C=O) groups excluding carboxylic acids is 1. The Hall–Kier alpha value is -2.98. The smallest absolute Gasteiger partial charge is 0.416 e. The molecule has 0 atom stereocenters. The zero-order valence-electron chi connectivity index (χ0n) is 15.6. The number of halogens is 3. The van der Waals surface area contributed by atoms with Gasteiger partial charge in [0, 0.05) is 12.1 Å². The summed E-state index contributed by atoms with van der Waals surface area (Å²) in [5, 5.41) is 14.7. The maximum Gasteiger partial charge on any atom is 0.416 e. The minimum Gasteiger partial charge on any atom is -0.486 e. The fourth-order valence-corrected chi connectivity index (χ4v) is 3.68. The Morgan fingerprint density at radius 1 is 1.13 bits per heavy atom. The minimum absolute atomic E-state index is 0.0325. The van der Waals surface area contributed by atoms with Crippen LogP contribution in [-0.2, 0) is 25.7 Å². The lowest BCUT2D eigenvalue weighted by molar-refractivity contribution is -0.137. The third-order valence-electron chi connectivity index (χ3n) is 4.59. The molecular formula is C20H17F3N4O2S. The molecule has 1 aliphatic heterocycles. The van der Waals surface area contributed by atoms with Gasteiger partial charge in [-0.15, -0.1) is 10.2 Å². The van der Waals surface area contributed by atoms with Crippen molar-refractivity contribution in [2.75, 3.05) is 11.9 Å². The highest BCUT2D eigenvalue weighted by Crippen LogP contribution is 2.30. The molecule has 6 nitrogen and oxygen atoms in total. The zero-order valence-corrected chi connectivity index (χ0v) is 16.4. The minimum atomic E-state index is -4.39. The van der Waals surface area contributed by atoms with Crippen LogP contribution in [0, 0.1) is 0 Å². The molecule has 0 fully saturated rings. The Morgan fingerprint density at radius 2 is 1.93 bits per heavy atom. The van der Waals surface area contributed by atoms with Gasteiger partial charge in [-0.3, -0.25) is 10.1 Å². The molecule has 1 amide bonds. The molecule has 2 N–H and O–H groups in total. The van der Waals surface area contributed by atoms with Crippen molar-refractivity contribution < 1.29 is 22.7 Å². The Bertz CT molecular complexity index is 1050. The van der Waals surface area contributed by atoms with Crippen molar-refractivity contribution in [1.82, 2.24) is 15.5 Å². The highest BCUT2D eigenvalue weighted by atomic mass is 32.1. The second-order valence-electron chi connectivity index (χ2n) is 6.68. The van der Waals surface area contributed by atoms with E-state index in [9.17, 15) is 18.0 Å². The molecule has 0 saturated carbocycles. The van der Waals surface area contributed by atoms with Gasteiger partial charge in [0.15, 0.2) is 5.01 Å². The molecule has 0 bridgehead atoms. The van der Waals surface area contributed by atoms with Crippen molar-refractivity contribution in [2.45, 2.75) is 25.7 Å². The second-order valence-corrected chi connectivity index (χ2v) is 7.74. The number of alkyl halides is 3. The van der Waals surface area contributed by atoms with Gasteiger partial charge in [-0.25, -0.2) is 0 Å². The van der Waals surface area contributed by atoms with Gasteiger partial charge in [-0.1, -0.05) is 17.4 Å². The topological polar surface area (TPSA) is 76.1 Å².